The van der Waals surface area contributed by atoms with Crippen molar-refractivity contribution < 1.29 is 0 Å². The Bertz CT molecular complexity index is 672. The number of hydrogen-bond acceptors (Lipinski definition) is 5. The smallest absolute Gasteiger partial charge is 0.170 e. The maximum atomic E-state index is 4.08. The minimum absolute atomic E-state index is 0.683. The summed E-state index contributed by atoms with van der Waals surface area (Å²) in [7, 11) is 0. The highest BCUT2D eigenvalue weighted by atomic mass is 32.1. The number of fused-ring (bicyclic) bond motifs is 1. The Kier molecular flexibility index (Phi) is 3.52. The van der Waals surface area contributed by atoms with Gasteiger partial charge in [0.1, 0.15) is 0 Å². The molecule has 0 amide bonds. The molecule has 0 saturated heterocycles. The van der Waals surface area contributed by atoms with Crippen LogP contribution in [0.25, 0.3) is 15.8 Å². The molecule has 3 aromatic rings. The first-order chi connectivity index (χ1) is 9.38. The lowest BCUT2D eigenvalue weighted by atomic mass is 10.2. The Labute approximate surface area is 115 Å². The molecular weight excluding hydrogens is 258 g/mol. The summed E-state index contributed by atoms with van der Waals surface area (Å²) in [5, 5.41) is 18.6. The van der Waals surface area contributed by atoms with Crippen LogP contribution in [-0.4, -0.2) is 26.8 Å². The zero-order valence-electron chi connectivity index (χ0n) is 10.7. The zero-order chi connectivity index (χ0) is 13.1. The van der Waals surface area contributed by atoms with E-state index in [2.05, 4.69) is 57.4 Å². The second-order valence-electron chi connectivity index (χ2n) is 4.33. The van der Waals surface area contributed by atoms with Crippen LogP contribution >= 0.6 is 11.3 Å². The number of tetrazole rings is 1. The molecule has 3 rings (SSSR count). The van der Waals surface area contributed by atoms with E-state index in [9.17, 15) is 0 Å². The Morgan fingerprint density at radius 1 is 1.32 bits per heavy atom. The van der Waals surface area contributed by atoms with Gasteiger partial charge in [0.25, 0.3) is 0 Å². The van der Waals surface area contributed by atoms with Crippen molar-refractivity contribution in [1.82, 2.24) is 25.5 Å². The summed E-state index contributed by atoms with van der Waals surface area (Å²) in [6.07, 6.45) is 1.10. The first kappa shape index (κ1) is 12.3. The molecule has 19 heavy (non-hydrogen) atoms. The van der Waals surface area contributed by atoms with Gasteiger partial charge in [0, 0.05) is 4.70 Å². The molecule has 0 fully saturated rings. The second kappa shape index (κ2) is 5.46. The van der Waals surface area contributed by atoms with E-state index in [1.165, 1.54) is 10.1 Å². The zero-order valence-corrected chi connectivity index (χ0v) is 11.5. The van der Waals surface area contributed by atoms with Crippen molar-refractivity contribution in [2.75, 3.05) is 6.54 Å². The first-order valence-electron chi connectivity index (χ1n) is 6.34. The van der Waals surface area contributed by atoms with E-state index < -0.39 is 0 Å². The van der Waals surface area contributed by atoms with Crippen molar-refractivity contribution in [3.63, 3.8) is 0 Å². The molecule has 6 heteroatoms. The lowest BCUT2D eigenvalue weighted by molar-refractivity contribution is 0.633. The maximum Gasteiger partial charge on any atom is 0.170 e. The summed E-state index contributed by atoms with van der Waals surface area (Å²) < 4.78 is 3.07. The third-order valence-electron chi connectivity index (χ3n) is 2.92. The number of hydrogen-bond donors (Lipinski definition) is 1. The number of thiophene rings is 1. The predicted octanol–water partition coefficient (Wildman–Crippen LogP) is 2.38. The maximum absolute atomic E-state index is 4.08. The molecule has 0 aliphatic carbocycles. The molecule has 0 spiro atoms. The van der Waals surface area contributed by atoms with Crippen LogP contribution in [0.1, 0.15) is 19.2 Å². The minimum atomic E-state index is 0.683. The van der Waals surface area contributed by atoms with Gasteiger partial charge in [-0.3, -0.25) is 0 Å². The van der Waals surface area contributed by atoms with Gasteiger partial charge in [0.05, 0.1) is 12.2 Å². The van der Waals surface area contributed by atoms with Gasteiger partial charge in [-0.2, -0.15) is 4.68 Å². The minimum Gasteiger partial charge on any atom is -0.310 e. The van der Waals surface area contributed by atoms with Crippen molar-refractivity contribution >= 4 is 21.4 Å². The summed E-state index contributed by atoms with van der Waals surface area (Å²) in [4.78, 5) is 0. The summed E-state index contributed by atoms with van der Waals surface area (Å²) in [6, 6.07) is 8.40. The SMILES string of the molecule is CCCNCc1nnnn1-c1ccc2sccc2c1. The highest BCUT2D eigenvalue weighted by Crippen LogP contribution is 2.23. The van der Waals surface area contributed by atoms with Crippen LogP contribution in [0.3, 0.4) is 0 Å². The average Bonchev–Trinajstić information content (AvgIpc) is 3.06. The Morgan fingerprint density at radius 3 is 3.16 bits per heavy atom. The molecule has 0 aliphatic rings. The lowest BCUT2D eigenvalue weighted by Crippen LogP contribution is -2.17. The fourth-order valence-electron chi connectivity index (χ4n) is 1.98. The van der Waals surface area contributed by atoms with Gasteiger partial charge in [0.2, 0.25) is 0 Å². The standard InChI is InChI=1S/C13H15N5S/c1-2-6-14-9-13-15-16-17-18(13)11-3-4-12-10(8-11)5-7-19-12/h3-5,7-8,14H,2,6,9H2,1H3. The van der Waals surface area contributed by atoms with Crippen LogP contribution in [-0.2, 0) is 6.54 Å². The lowest BCUT2D eigenvalue weighted by Gasteiger charge is -2.05. The molecule has 0 radical (unpaired) electrons. The van der Waals surface area contributed by atoms with Gasteiger partial charge in [-0.25, -0.2) is 0 Å². The van der Waals surface area contributed by atoms with E-state index >= 15 is 0 Å². The van der Waals surface area contributed by atoms with Crippen molar-refractivity contribution in [3.8, 4) is 5.69 Å². The van der Waals surface area contributed by atoms with Crippen molar-refractivity contribution in [3.05, 3.63) is 35.5 Å². The first-order valence-corrected chi connectivity index (χ1v) is 7.22. The highest BCUT2D eigenvalue weighted by Gasteiger charge is 2.08. The molecular formula is C13H15N5S. The van der Waals surface area contributed by atoms with E-state index in [0.717, 1.165) is 24.5 Å². The number of rotatable bonds is 5. The quantitative estimate of drug-likeness (QED) is 0.725. The molecule has 0 atom stereocenters. The van der Waals surface area contributed by atoms with E-state index in [1.807, 2.05) is 0 Å². The van der Waals surface area contributed by atoms with Gasteiger partial charge in [-0.15, -0.1) is 16.4 Å². The molecule has 0 bridgehead atoms. The van der Waals surface area contributed by atoms with E-state index in [4.69, 9.17) is 0 Å². The Morgan fingerprint density at radius 2 is 2.26 bits per heavy atom. The van der Waals surface area contributed by atoms with Gasteiger partial charge < -0.3 is 5.32 Å². The van der Waals surface area contributed by atoms with Crippen LogP contribution in [0.4, 0.5) is 0 Å². The molecule has 5 nitrogen and oxygen atoms in total. The summed E-state index contributed by atoms with van der Waals surface area (Å²) >= 11 is 1.74. The molecule has 98 valence electrons. The third-order valence-corrected chi connectivity index (χ3v) is 3.82. The Hall–Kier alpha value is -1.79. The topological polar surface area (TPSA) is 55.6 Å². The van der Waals surface area contributed by atoms with Gasteiger partial charge in [-0.1, -0.05) is 6.92 Å². The summed E-state index contributed by atoms with van der Waals surface area (Å²) in [5.41, 5.74) is 1.00. The molecule has 0 aliphatic heterocycles. The average molecular weight is 273 g/mol. The van der Waals surface area contributed by atoms with Gasteiger partial charge >= 0.3 is 0 Å². The van der Waals surface area contributed by atoms with Gasteiger partial charge in [0.15, 0.2) is 5.82 Å². The fraction of sp³-hybridized carbons (Fsp3) is 0.308. The molecule has 2 heterocycles. The Balaban J connectivity index is 1.90. The van der Waals surface area contributed by atoms with Crippen LogP contribution in [0.5, 0.6) is 0 Å². The van der Waals surface area contributed by atoms with Crippen LogP contribution in [0.2, 0.25) is 0 Å². The van der Waals surface area contributed by atoms with Crippen molar-refractivity contribution in [1.29, 1.82) is 0 Å². The van der Waals surface area contributed by atoms with E-state index in [-0.39, 0.29) is 0 Å². The molecule has 2 aromatic heterocycles. The third kappa shape index (κ3) is 2.50. The second-order valence-corrected chi connectivity index (χ2v) is 5.27. The van der Waals surface area contributed by atoms with Crippen LogP contribution < -0.4 is 5.32 Å². The van der Waals surface area contributed by atoms with Crippen LogP contribution in [0.15, 0.2) is 29.6 Å². The monoisotopic (exact) mass is 273 g/mol. The molecule has 1 N–H and O–H groups in total. The van der Waals surface area contributed by atoms with E-state index in [0.29, 0.717) is 6.54 Å². The van der Waals surface area contributed by atoms with Gasteiger partial charge in [-0.05, 0) is 58.4 Å². The summed E-state index contributed by atoms with van der Waals surface area (Å²) in [5.74, 6) is 0.836. The molecule has 0 saturated carbocycles. The molecule has 0 unspecified atom stereocenters. The largest absolute Gasteiger partial charge is 0.310 e. The number of aromatic nitrogens is 4. The van der Waals surface area contributed by atoms with E-state index in [1.54, 1.807) is 16.0 Å². The number of nitrogens with one attached hydrogen (secondary N) is 1. The number of nitrogens with zero attached hydrogens (tertiary/aromatic N) is 4. The highest BCUT2D eigenvalue weighted by molar-refractivity contribution is 7.17. The normalized spacial score (nSPS) is 11.2. The van der Waals surface area contributed by atoms with Crippen molar-refractivity contribution in [2.45, 2.75) is 19.9 Å². The molecule has 1 aromatic carbocycles. The fourth-order valence-corrected chi connectivity index (χ4v) is 2.75. The predicted molar refractivity (Wildman–Crippen MR) is 76.5 cm³/mol. The number of benzene rings is 1. The summed E-state index contributed by atoms with van der Waals surface area (Å²) in [6.45, 7) is 3.79. The van der Waals surface area contributed by atoms with Crippen LogP contribution in [0, 0.1) is 0 Å². The van der Waals surface area contributed by atoms with Crippen molar-refractivity contribution in [2.24, 2.45) is 0 Å².